The Bertz CT molecular complexity index is 2120. The van der Waals surface area contributed by atoms with Crippen LogP contribution in [0.4, 0.5) is 4.39 Å². The first-order valence-corrected chi connectivity index (χ1v) is 13.6. The molecule has 39 heavy (non-hydrogen) atoms. The molecule has 0 atom stereocenters. The van der Waals surface area contributed by atoms with E-state index in [9.17, 15) is 4.39 Å². The molecule has 0 spiro atoms. The lowest BCUT2D eigenvalue weighted by atomic mass is 10.1. The largest absolute Gasteiger partial charge is 0.307 e. The van der Waals surface area contributed by atoms with E-state index >= 15 is 0 Å². The molecule has 0 aliphatic heterocycles. The summed E-state index contributed by atoms with van der Waals surface area (Å²) in [4.78, 5) is 9.43. The molecule has 0 saturated carbocycles. The molecule has 4 aromatic heterocycles. The molecule has 8 aromatic rings. The Balaban J connectivity index is 1.49. The van der Waals surface area contributed by atoms with Crippen molar-refractivity contribution in [3.8, 4) is 28.2 Å². The second-order valence-corrected chi connectivity index (χ2v) is 10.7. The van der Waals surface area contributed by atoms with E-state index in [0.717, 1.165) is 50.0 Å². The van der Waals surface area contributed by atoms with Crippen molar-refractivity contribution < 1.29 is 4.39 Å². The Morgan fingerprint density at radius 1 is 0.538 bits per heavy atom. The van der Waals surface area contributed by atoms with Gasteiger partial charge >= 0.3 is 0 Å². The summed E-state index contributed by atoms with van der Waals surface area (Å²) >= 11 is 1.77. The Labute approximate surface area is 227 Å². The maximum Gasteiger partial charge on any atom is 0.213 e. The van der Waals surface area contributed by atoms with E-state index in [2.05, 4.69) is 82.3 Å². The fourth-order valence-electron chi connectivity index (χ4n) is 5.51. The van der Waals surface area contributed by atoms with E-state index in [1.807, 2.05) is 42.5 Å². The Morgan fingerprint density at radius 3 is 1.92 bits per heavy atom. The van der Waals surface area contributed by atoms with Gasteiger partial charge in [-0.05, 0) is 42.5 Å². The normalized spacial score (nSPS) is 11.7. The van der Waals surface area contributed by atoms with Crippen LogP contribution in [0.2, 0.25) is 0 Å². The fourth-order valence-corrected chi connectivity index (χ4v) is 6.63. The third kappa shape index (κ3) is 3.55. The van der Waals surface area contributed by atoms with Crippen LogP contribution in [-0.2, 0) is 0 Å². The topological polar surface area (TPSA) is 30.7 Å². The minimum atomic E-state index is -0.485. The minimum absolute atomic E-state index is 0.485. The molecule has 184 valence electrons. The van der Waals surface area contributed by atoms with Gasteiger partial charge in [0.15, 0.2) is 0 Å². The van der Waals surface area contributed by atoms with Crippen LogP contribution in [0.15, 0.2) is 121 Å². The second-order valence-electron chi connectivity index (χ2n) is 9.63. The summed E-state index contributed by atoms with van der Waals surface area (Å²) in [6.07, 6.45) is 0. The van der Waals surface area contributed by atoms with Crippen LogP contribution < -0.4 is 0 Å². The van der Waals surface area contributed by atoms with Gasteiger partial charge in [0.2, 0.25) is 5.95 Å². The molecule has 4 aromatic carbocycles. The highest BCUT2D eigenvalue weighted by Crippen LogP contribution is 2.40. The number of pyridine rings is 2. The second kappa shape index (κ2) is 8.58. The van der Waals surface area contributed by atoms with Crippen molar-refractivity contribution in [2.45, 2.75) is 0 Å². The van der Waals surface area contributed by atoms with Gasteiger partial charge < -0.3 is 4.57 Å². The lowest BCUT2D eigenvalue weighted by Gasteiger charge is -2.13. The zero-order valence-corrected chi connectivity index (χ0v) is 21.5. The predicted octanol–water partition coefficient (Wildman–Crippen LogP) is 9.41. The lowest BCUT2D eigenvalue weighted by Crippen LogP contribution is -1.98. The molecule has 0 amide bonds. The summed E-state index contributed by atoms with van der Waals surface area (Å²) < 4.78 is 19.1. The number of halogens is 1. The summed E-state index contributed by atoms with van der Waals surface area (Å²) in [6.45, 7) is 0. The van der Waals surface area contributed by atoms with Crippen LogP contribution in [0, 0.1) is 5.95 Å². The minimum Gasteiger partial charge on any atom is -0.307 e. The fraction of sp³-hybridized carbons (Fsp3) is 0. The van der Waals surface area contributed by atoms with Gasteiger partial charge in [-0.2, -0.15) is 4.39 Å². The molecule has 0 saturated heterocycles. The highest BCUT2D eigenvalue weighted by Gasteiger charge is 2.19. The number of hydrogen-bond acceptors (Lipinski definition) is 3. The van der Waals surface area contributed by atoms with Gasteiger partial charge in [-0.3, -0.25) is 0 Å². The molecular weight excluding hydrogens is 501 g/mol. The molecule has 0 aliphatic carbocycles. The Kier molecular flexibility index (Phi) is 4.87. The molecule has 0 bridgehead atoms. The zero-order chi connectivity index (χ0) is 25.9. The maximum atomic E-state index is 14.5. The summed E-state index contributed by atoms with van der Waals surface area (Å²) in [5, 5.41) is 3.30. The van der Waals surface area contributed by atoms with Gasteiger partial charge in [0.05, 0.1) is 33.6 Å². The van der Waals surface area contributed by atoms with Gasteiger partial charge in [0.1, 0.15) is 0 Å². The molecule has 4 heterocycles. The number of nitrogens with zero attached hydrogens (tertiary/aromatic N) is 3. The lowest BCUT2D eigenvalue weighted by molar-refractivity contribution is 0.589. The van der Waals surface area contributed by atoms with Gasteiger partial charge in [0.25, 0.3) is 0 Å². The third-order valence-electron chi connectivity index (χ3n) is 7.28. The van der Waals surface area contributed by atoms with Gasteiger partial charge in [-0.1, -0.05) is 78.9 Å². The van der Waals surface area contributed by atoms with Crippen molar-refractivity contribution in [2.75, 3.05) is 0 Å². The monoisotopic (exact) mass is 521 g/mol. The van der Waals surface area contributed by atoms with Crippen LogP contribution in [-0.4, -0.2) is 14.5 Å². The first-order valence-electron chi connectivity index (χ1n) is 12.8. The number of fused-ring (bicyclic) bond motifs is 6. The number of benzene rings is 4. The average Bonchev–Trinajstić information content (AvgIpc) is 3.51. The Morgan fingerprint density at radius 2 is 1.21 bits per heavy atom. The van der Waals surface area contributed by atoms with Crippen molar-refractivity contribution in [1.82, 2.24) is 14.5 Å². The van der Waals surface area contributed by atoms with Crippen LogP contribution in [0.3, 0.4) is 0 Å². The standard InChI is InChI=1S/C34H20FN3S/c35-33-16-15-29-34(37-33)26-19-25-24-13-7-8-14-31(24)39-32(25)20-30(26)38(29)23-17-27(21-9-3-1-4-10-21)36-28(18-23)22-11-5-2-6-12-22/h1-20H. The molecule has 0 radical (unpaired) electrons. The molecule has 0 N–H and O–H groups in total. The quantitative estimate of drug-likeness (QED) is 0.217. The van der Waals surface area contributed by atoms with E-state index < -0.39 is 5.95 Å². The maximum absolute atomic E-state index is 14.5. The van der Waals surface area contributed by atoms with Crippen molar-refractivity contribution in [3.05, 3.63) is 127 Å². The SMILES string of the molecule is Fc1ccc2c(n1)c1cc3c(cc1n2-c1cc(-c2ccccc2)nc(-c2ccccc2)c1)sc1ccccc13. The van der Waals surface area contributed by atoms with Crippen molar-refractivity contribution >= 4 is 53.4 Å². The molecule has 0 unspecified atom stereocenters. The summed E-state index contributed by atoms with van der Waals surface area (Å²) in [5.41, 5.74) is 7.28. The van der Waals surface area contributed by atoms with Crippen LogP contribution in [0.25, 0.3) is 70.3 Å². The summed E-state index contributed by atoms with van der Waals surface area (Å²) in [6, 6.07) is 40.7. The number of hydrogen-bond donors (Lipinski definition) is 0. The first kappa shape index (κ1) is 22.1. The average molecular weight is 522 g/mol. The molecule has 5 heteroatoms. The molecule has 0 aliphatic rings. The van der Waals surface area contributed by atoms with Crippen molar-refractivity contribution in [2.24, 2.45) is 0 Å². The molecule has 0 fully saturated rings. The van der Waals surface area contributed by atoms with E-state index in [1.54, 1.807) is 11.3 Å². The third-order valence-corrected chi connectivity index (χ3v) is 8.41. The Hall–Kier alpha value is -4.87. The zero-order valence-electron chi connectivity index (χ0n) is 20.7. The predicted molar refractivity (Wildman–Crippen MR) is 160 cm³/mol. The molecule has 8 rings (SSSR count). The van der Waals surface area contributed by atoms with Crippen LogP contribution in [0.5, 0.6) is 0 Å². The number of rotatable bonds is 3. The van der Waals surface area contributed by atoms with E-state index in [-0.39, 0.29) is 0 Å². The van der Waals surface area contributed by atoms with Gasteiger partial charge in [0, 0.05) is 36.7 Å². The number of aromatic nitrogens is 3. The summed E-state index contributed by atoms with van der Waals surface area (Å²) in [5.74, 6) is -0.485. The number of thiophene rings is 1. The molecule has 3 nitrogen and oxygen atoms in total. The first-order chi connectivity index (χ1) is 19.2. The highest BCUT2D eigenvalue weighted by atomic mass is 32.1. The summed E-state index contributed by atoms with van der Waals surface area (Å²) in [7, 11) is 0. The molecular formula is C34H20FN3S. The smallest absolute Gasteiger partial charge is 0.213 e. The van der Waals surface area contributed by atoms with Gasteiger partial charge in [-0.25, -0.2) is 9.97 Å². The highest BCUT2D eigenvalue weighted by molar-refractivity contribution is 7.25. The van der Waals surface area contributed by atoms with Crippen molar-refractivity contribution in [3.63, 3.8) is 0 Å². The van der Waals surface area contributed by atoms with E-state index in [4.69, 9.17) is 4.98 Å². The van der Waals surface area contributed by atoms with Crippen LogP contribution >= 0.6 is 11.3 Å². The van der Waals surface area contributed by atoms with Crippen LogP contribution in [0.1, 0.15) is 0 Å². The van der Waals surface area contributed by atoms with E-state index in [0.29, 0.717) is 5.52 Å². The van der Waals surface area contributed by atoms with Crippen molar-refractivity contribution in [1.29, 1.82) is 0 Å². The van der Waals surface area contributed by atoms with Gasteiger partial charge in [-0.15, -0.1) is 11.3 Å². The van der Waals surface area contributed by atoms with E-state index in [1.165, 1.54) is 20.9 Å².